The molecule has 3 amide bonds. The number of amides is 3. The molecule has 0 saturated carbocycles. The Hall–Kier alpha value is -3.06. The Kier molecular flexibility index (Phi) is 5.79. The molecule has 0 bridgehead atoms. The first-order chi connectivity index (χ1) is 13.7. The van der Waals surface area contributed by atoms with Gasteiger partial charge in [0.2, 0.25) is 0 Å². The molecule has 2 aliphatic rings. The largest absolute Gasteiger partial charge is 0.477 e. The zero-order valence-corrected chi connectivity index (χ0v) is 16.5. The average molecular weight is 437 g/mol. The van der Waals surface area contributed by atoms with Crippen LogP contribution in [-0.2, 0) is 14.4 Å². The lowest BCUT2D eigenvalue weighted by molar-refractivity contribution is -0.150. The number of nitrogen functional groups attached to an aromatic ring is 1. The summed E-state index contributed by atoms with van der Waals surface area (Å²) in [6, 6.07) is 3.27. The maximum Gasteiger partial charge on any atom is 0.431 e. The van der Waals surface area contributed by atoms with Crippen molar-refractivity contribution in [1.82, 2.24) is 15.2 Å². The molecular formula is C16H15N5O6S2. The van der Waals surface area contributed by atoms with Gasteiger partial charge < -0.3 is 21.3 Å². The number of aliphatic imine (C=N–C) groups is 1. The molecule has 11 nitrogen and oxygen atoms in total. The fraction of sp³-hybridized carbons (Fsp3) is 0.250. The Balaban J connectivity index is 1.84. The fourth-order valence-electron chi connectivity index (χ4n) is 2.86. The number of nitrogens with two attached hydrogens (primary N) is 1. The Morgan fingerprint density at radius 1 is 1.38 bits per heavy atom. The van der Waals surface area contributed by atoms with Crippen molar-refractivity contribution in [2.45, 2.75) is 11.4 Å². The number of aliphatic carboxylic acids is 1. The number of carbonyl (C=O) groups excluding carboxylic acids is 2. The molecule has 3 heterocycles. The second-order valence-electron chi connectivity index (χ2n) is 5.83. The Morgan fingerprint density at radius 2 is 2.10 bits per heavy atom. The zero-order chi connectivity index (χ0) is 21.3. The topological polar surface area (TPSA) is 175 Å². The molecule has 3 rings (SSSR count). The van der Waals surface area contributed by atoms with E-state index in [1.54, 1.807) is 6.26 Å². The first-order valence-corrected chi connectivity index (χ1v) is 10.3. The van der Waals surface area contributed by atoms with Gasteiger partial charge >= 0.3 is 12.1 Å². The minimum Gasteiger partial charge on any atom is -0.477 e. The van der Waals surface area contributed by atoms with E-state index in [0.717, 1.165) is 4.90 Å². The lowest BCUT2D eigenvalue weighted by atomic mass is 10.0. The maximum absolute atomic E-state index is 12.7. The van der Waals surface area contributed by atoms with Crippen molar-refractivity contribution in [2.24, 2.45) is 4.99 Å². The number of anilines is 1. The molecular weight excluding hydrogens is 422 g/mol. The summed E-state index contributed by atoms with van der Waals surface area (Å²) in [6.07, 6.45) is 0.101. The molecule has 0 radical (unpaired) electrons. The Labute approximate surface area is 172 Å². The van der Waals surface area contributed by atoms with Gasteiger partial charge in [0.1, 0.15) is 22.9 Å². The molecule has 1 saturated heterocycles. The summed E-state index contributed by atoms with van der Waals surface area (Å²) in [5.41, 5.74) is 4.88. The molecule has 2 atom stereocenters. The van der Waals surface area contributed by atoms with Crippen LogP contribution in [0.5, 0.6) is 0 Å². The van der Waals surface area contributed by atoms with Gasteiger partial charge in [-0.1, -0.05) is 6.07 Å². The monoisotopic (exact) mass is 437 g/mol. The standard InChI is InChI=1S/C16H15N5O6S2/c1-28-7-5-29-14-10(13(23)21(14)11(7)15(24)25)19-12(22)9(20-16(26)27)6-3-2-4-8(17)18-6/h2-4,10,14H,5H2,1H3,(H2,17,18)(H,19,22)(H,24,25)(H,26,27)/t10?,14-/m0/s1. The van der Waals surface area contributed by atoms with Crippen LogP contribution in [0, 0.1) is 0 Å². The smallest absolute Gasteiger partial charge is 0.431 e. The SMILES string of the molecule is CSC1=C(C(=O)O)N2C(=O)C(NC(=O)C(=NC(=O)O)c3cccc(N)n3)[C@@H]2SC1. The van der Waals surface area contributed by atoms with Crippen LogP contribution in [-0.4, -0.2) is 73.1 Å². The third-order valence-electron chi connectivity index (χ3n) is 4.10. The molecule has 0 spiro atoms. The minimum absolute atomic E-state index is 0.0583. The number of aromatic nitrogens is 1. The molecule has 1 unspecified atom stereocenters. The van der Waals surface area contributed by atoms with Crippen LogP contribution in [0.2, 0.25) is 0 Å². The van der Waals surface area contributed by atoms with Crippen molar-refractivity contribution in [3.05, 3.63) is 34.5 Å². The minimum atomic E-state index is -1.62. The van der Waals surface area contributed by atoms with Gasteiger partial charge in [0.25, 0.3) is 11.8 Å². The van der Waals surface area contributed by atoms with Gasteiger partial charge in [-0.15, -0.1) is 23.5 Å². The summed E-state index contributed by atoms with van der Waals surface area (Å²) in [5.74, 6) is -2.33. The molecule has 1 fully saturated rings. The number of fused-ring (bicyclic) bond motifs is 1. The van der Waals surface area contributed by atoms with Crippen molar-refractivity contribution in [1.29, 1.82) is 0 Å². The Bertz CT molecular complexity index is 978. The predicted molar refractivity (Wildman–Crippen MR) is 106 cm³/mol. The van der Waals surface area contributed by atoms with Crippen molar-refractivity contribution >= 4 is 58.9 Å². The molecule has 1 aromatic rings. The number of hydrogen-bond acceptors (Lipinski definition) is 8. The van der Waals surface area contributed by atoms with E-state index in [-0.39, 0.29) is 17.2 Å². The fourth-order valence-corrected chi connectivity index (χ4v) is 5.11. The average Bonchev–Trinajstić information content (AvgIpc) is 2.68. The summed E-state index contributed by atoms with van der Waals surface area (Å²) in [6.45, 7) is 0. The van der Waals surface area contributed by atoms with Crippen LogP contribution in [0.4, 0.5) is 10.6 Å². The summed E-state index contributed by atoms with van der Waals surface area (Å²) in [7, 11) is 0. The molecule has 13 heteroatoms. The highest BCUT2D eigenvalue weighted by Gasteiger charge is 2.54. The maximum atomic E-state index is 12.7. The number of nitrogens with zero attached hydrogens (tertiary/aromatic N) is 3. The number of β-lactam (4-membered cyclic amide) rings is 1. The summed E-state index contributed by atoms with van der Waals surface area (Å²) < 4.78 is 0. The van der Waals surface area contributed by atoms with E-state index in [1.807, 2.05) is 0 Å². The highest BCUT2D eigenvalue weighted by Crippen LogP contribution is 2.42. The molecule has 1 aromatic heterocycles. The highest BCUT2D eigenvalue weighted by molar-refractivity contribution is 8.05. The molecule has 5 N–H and O–H groups in total. The van der Waals surface area contributed by atoms with Gasteiger partial charge in [0, 0.05) is 10.7 Å². The van der Waals surface area contributed by atoms with Crippen LogP contribution in [0.3, 0.4) is 0 Å². The van der Waals surface area contributed by atoms with Crippen molar-refractivity contribution in [3.8, 4) is 0 Å². The predicted octanol–water partition coefficient (Wildman–Crippen LogP) is 0.190. The first kappa shape index (κ1) is 20.7. The lowest BCUT2D eigenvalue weighted by Gasteiger charge is -2.49. The second-order valence-corrected chi connectivity index (χ2v) is 7.84. The summed E-state index contributed by atoms with van der Waals surface area (Å²) >= 11 is 2.54. The number of carboxylic acid groups (broad SMARTS) is 2. The molecule has 152 valence electrons. The third kappa shape index (κ3) is 3.91. The lowest BCUT2D eigenvalue weighted by Crippen LogP contribution is -2.71. The van der Waals surface area contributed by atoms with Gasteiger partial charge in [0.15, 0.2) is 5.71 Å². The molecule has 2 aliphatic heterocycles. The summed E-state index contributed by atoms with van der Waals surface area (Å²) in [4.78, 5) is 56.6. The highest BCUT2D eigenvalue weighted by atomic mass is 32.2. The van der Waals surface area contributed by atoms with Crippen LogP contribution in [0.25, 0.3) is 0 Å². The first-order valence-electron chi connectivity index (χ1n) is 8.05. The molecule has 0 aliphatic carbocycles. The Morgan fingerprint density at radius 3 is 2.69 bits per heavy atom. The van der Waals surface area contributed by atoms with E-state index in [0.29, 0.717) is 10.7 Å². The van der Waals surface area contributed by atoms with E-state index >= 15 is 0 Å². The van der Waals surface area contributed by atoms with Gasteiger partial charge in [-0.05, 0) is 18.4 Å². The van der Waals surface area contributed by atoms with E-state index in [1.165, 1.54) is 41.7 Å². The van der Waals surface area contributed by atoms with Crippen LogP contribution in [0.15, 0.2) is 33.8 Å². The van der Waals surface area contributed by atoms with E-state index < -0.39 is 41.0 Å². The van der Waals surface area contributed by atoms with Crippen LogP contribution < -0.4 is 11.1 Å². The van der Waals surface area contributed by atoms with Crippen LogP contribution in [0.1, 0.15) is 5.69 Å². The number of pyridine rings is 1. The van der Waals surface area contributed by atoms with Gasteiger partial charge in [0.05, 0.1) is 5.69 Å². The molecule has 29 heavy (non-hydrogen) atoms. The van der Waals surface area contributed by atoms with E-state index in [2.05, 4.69) is 15.3 Å². The normalized spacial score (nSPS) is 21.3. The second kappa shape index (κ2) is 8.13. The third-order valence-corrected chi connectivity index (χ3v) is 6.40. The number of carbonyl (C=O) groups is 4. The van der Waals surface area contributed by atoms with Gasteiger partial charge in [-0.25, -0.2) is 14.6 Å². The molecule has 0 aromatic carbocycles. The number of hydrogen-bond donors (Lipinski definition) is 4. The van der Waals surface area contributed by atoms with Crippen molar-refractivity contribution < 1.29 is 29.4 Å². The van der Waals surface area contributed by atoms with Crippen LogP contribution >= 0.6 is 23.5 Å². The quantitative estimate of drug-likeness (QED) is 0.367. The van der Waals surface area contributed by atoms with Crippen molar-refractivity contribution in [2.75, 3.05) is 17.7 Å². The summed E-state index contributed by atoms with van der Waals surface area (Å²) in [5, 5.41) is 20.2. The zero-order valence-electron chi connectivity index (χ0n) is 14.9. The number of thioether (sulfide) groups is 2. The number of rotatable bonds is 5. The van der Waals surface area contributed by atoms with Gasteiger partial charge in [-0.2, -0.15) is 4.99 Å². The number of carboxylic acids is 1. The number of nitrogens with one attached hydrogen (secondary N) is 1. The van der Waals surface area contributed by atoms with E-state index in [9.17, 15) is 24.3 Å². The van der Waals surface area contributed by atoms with Gasteiger partial charge in [-0.3, -0.25) is 14.5 Å². The van der Waals surface area contributed by atoms with E-state index in [4.69, 9.17) is 10.8 Å². The van der Waals surface area contributed by atoms with Crippen molar-refractivity contribution in [3.63, 3.8) is 0 Å².